The van der Waals surface area contributed by atoms with Gasteiger partial charge in [-0.05, 0) is 125 Å². The maximum absolute atomic E-state index is 9.78. The molecule has 0 aromatic rings. The third-order valence-corrected chi connectivity index (χ3v) is 10.1. The van der Waals surface area contributed by atoms with E-state index < -0.39 is 0 Å². The number of hydrogen-bond donors (Lipinski definition) is 5. The van der Waals surface area contributed by atoms with Crippen LogP contribution < -0.4 is 0 Å². The van der Waals surface area contributed by atoms with E-state index in [-0.39, 0.29) is 83.3 Å². The second-order valence-electron chi connectivity index (χ2n) is 31.2. The summed E-state index contributed by atoms with van der Waals surface area (Å²) in [5, 5.41) is 48.7. The molecule has 0 spiro atoms. The normalized spacial score (nSPS) is 15.2. The zero-order valence-corrected chi connectivity index (χ0v) is 48.6. The van der Waals surface area contributed by atoms with E-state index in [0.29, 0.717) is 16.2 Å². The summed E-state index contributed by atoms with van der Waals surface area (Å²) in [7, 11) is 0. The van der Waals surface area contributed by atoms with Crippen molar-refractivity contribution < 1.29 is 25.5 Å². The number of aliphatic hydroxyl groups is 5. The Balaban J connectivity index is -0.000000126. The Kier molecular flexibility index (Phi) is 38.8. The van der Waals surface area contributed by atoms with Crippen LogP contribution in [0, 0.1) is 54.1 Å². The van der Waals surface area contributed by atoms with E-state index in [1.807, 2.05) is 0 Å². The second-order valence-corrected chi connectivity index (χ2v) is 31.2. The molecule has 0 aliphatic rings. The molecule has 0 fully saturated rings. The molecule has 5 nitrogen and oxygen atoms in total. The molecular formula is C59H132O5. The predicted molar refractivity (Wildman–Crippen MR) is 293 cm³/mol. The number of aliphatic hydroxyl groups excluding tert-OH is 5. The van der Waals surface area contributed by atoms with E-state index in [4.69, 9.17) is 0 Å². The fourth-order valence-corrected chi connectivity index (χ4v) is 6.45. The van der Waals surface area contributed by atoms with Crippen LogP contribution in [0.1, 0.15) is 300 Å². The van der Waals surface area contributed by atoms with Gasteiger partial charge in [0.25, 0.3) is 0 Å². The molecule has 5 N–H and O–H groups in total. The first-order valence-corrected chi connectivity index (χ1v) is 25.0. The summed E-state index contributed by atoms with van der Waals surface area (Å²) in [6, 6.07) is 0. The zero-order chi connectivity index (χ0) is 51.4. The van der Waals surface area contributed by atoms with Gasteiger partial charge in [0.15, 0.2) is 0 Å². The largest absolute Gasteiger partial charge is 0.393 e. The molecule has 0 saturated heterocycles. The molecule has 0 amide bonds. The highest BCUT2D eigenvalue weighted by Gasteiger charge is 2.27. The van der Waals surface area contributed by atoms with Crippen molar-refractivity contribution in [1.29, 1.82) is 0 Å². The molecule has 4 unspecified atom stereocenters. The lowest BCUT2D eigenvalue weighted by molar-refractivity contribution is 0.0284. The van der Waals surface area contributed by atoms with Gasteiger partial charge in [0, 0.05) is 0 Å². The number of rotatable bonds is 12. The fraction of sp³-hybridized carbons (Fsp3) is 1.00. The Hall–Kier alpha value is -0.200. The molecule has 0 aromatic heterocycles. The third kappa shape index (κ3) is 73.4. The van der Waals surface area contributed by atoms with Crippen LogP contribution in [0.2, 0.25) is 0 Å². The van der Waals surface area contributed by atoms with E-state index in [1.165, 1.54) is 6.42 Å². The summed E-state index contributed by atoms with van der Waals surface area (Å²) >= 11 is 0. The first-order chi connectivity index (χ1) is 26.6. The average molecular weight is 922 g/mol. The van der Waals surface area contributed by atoms with Crippen molar-refractivity contribution in [2.75, 3.05) is 0 Å². The molecule has 0 aliphatic heterocycles. The van der Waals surface area contributed by atoms with Gasteiger partial charge in [-0.1, -0.05) is 229 Å². The van der Waals surface area contributed by atoms with Crippen LogP contribution in [-0.4, -0.2) is 56.1 Å². The predicted octanol–water partition coefficient (Wildman–Crippen LogP) is 18.2. The molecular weight excluding hydrogens is 789 g/mol. The summed E-state index contributed by atoms with van der Waals surface area (Å²) in [6.45, 7) is 65.0. The first-order valence-electron chi connectivity index (χ1n) is 25.0. The van der Waals surface area contributed by atoms with Gasteiger partial charge >= 0.3 is 0 Å². The lowest BCUT2D eigenvalue weighted by Gasteiger charge is -2.31. The van der Waals surface area contributed by atoms with Crippen LogP contribution >= 0.6 is 0 Å². The van der Waals surface area contributed by atoms with Crippen molar-refractivity contribution in [3.05, 3.63) is 0 Å². The minimum Gasteiger partial charge on any atom is -0.393 e. The van der Waals surface area contributed by atoms with Crippen molar-refractivity contribution in [2.24, 2.45) is 54.1 Å². The molecule has 4 atom stereocenters. The van der Waals surface area contributed by atoms with Crippen molar-refractivity contribution in [2.45, 2.75) is 330 Å². The summed E-state index contributed by atoms with van der Waals surface area (Å²) in [5.41, 5.74) is 2.36. The van der Waals surface area contributed by atoms with Crippen molar-refractivity contribution in [1.82, 2.24) is 0 Å². The maximum Gasteiger partial charge on any atom is 0.0593 e. The third-order valence-electron chi connectivity index (χ3n) is 10.1. The molecule has 0 aliphatic carbocycles. The quantitative estimate of drug-likeness (QED) is 0.134. The van der Waals surface area contributed by atoms with E-state index in [1.54, 1.807) is 0 Å². The lowest BCUT2D eigenvalue weighted by atomic mass is 9.79. The molecule has 0 saturated carbocycles. The molecule has 398 valence electrons. The highest BCUT2D eigenvalue weighted by molar-refractivity contribution is 4.78. The van der Waals surface area contributed by atoms with Crippen LogP contribution in [0.4, 0.5) is 0 Å². The van der Waals surface area contributed by atoms with Gasteiger partial charge in [-0.2, -0.15) is 0 Å². The Morgan fingerprint density at radius 3 is 0.641 bits per heavy atom. The fourth-order valence-electron chi connectivity index (χ4n) is 6.45. The number of hydrogen-bond acceptors (Lipinski definition) is 5. The summed E-state index contributed by atoms with van der Waals surface area (Å²) in [5.74, 6) is 0. The Morgan fingerprint density at radius 2 is 0.469 bits per heavy atom. The zero-order valence-electron chi connectivity index (χ0n) is 48.6. The molecule has 0 aromatic carbocycles. The molecule has 0 rings (SSSR count). The van der Waals surface area contributed by atoms with Gasteiger partial charge in [0.2, 0.25) is 0 Å². The molecule has 0 radical (unpaired) electrons. The maximum atomic E-state index is 9.78. The highest BCUT2D eigenvalue weighted by atomic mass is 16.3. The van der Waals surface area contributed by atoms with E-state index >= 15 is 0 Å². The molecule has 64 heavy (non-hydrogen) atoms. The Labute approximate surface area is 408 Å². The molecule has 5 heteroatoms. The van der Waals surface area contributed by atoms with Crippen LogP contribution in [0.15, 0.2) is 0 Å². The van der Waals surface area contributed by atoms with E-state index in [9.17, 15) is 25.5 Å². The minimum atomic E-state index is -0.192. The van der Waals surface area contributed by atoms with Gasteiger partial charge in [0.05, 0.1) is 30.5 Å². The van der Waals surface area contributed by atoms with Gasteiger partial charge in [-0.15, -0.1) is 0 Å². The first kappa shape index (κ1) is 78.0. The van der Waals surface area contributed by atoms with Crippen LogP contribution in [0.5, 0.6) is 0 Å². The van der Waals surface area contributed by atoms with Crippen LogP contribution in [-0.2, 0) is 0 Å². The van der Waals surface area contributed by atoms with Crippen molar-refractivity contribution >= 4 is 0 Å². The standard InChI is InChI=1S/3C12H26O.C11H24O.C10H22O.2CH4/c2*1-11(2,3)8-7-10(13)9-12(4,5)6;1-11(2,3)9-7-8-10(13)12(4,5)6;1-10(2,3)7-9(12)8-11(4,5)6;1-9(2,3)7-8(11)10(4,5)6;;/h3*10,13H,7-9H2,1-6H3;9,12H,7-8H2,1-6H3;8,11H,7H2,1-6H3;2*1H4. The average Bonchev–Trinajstić information content (AvgIpc) is 2.89. The van der Waals surface area contributed by atoms with Crippen LogP contribution in [0.25, 0.3) is 0 Å². The van der Waals surface area contributed by atoms with Crippen LogP contribution in [0.3, 0.4) is 0 Å². The van der Waals surface area contributed by atoms with E-state index in [0.717, 1.165) is 70.6 Å². The lowest BCUT2D eigenvalue weighted by Crippen LogP contribution is -2.30. The van der Waals surface area contributed by atoms with Gasteiger partial charge in [-0.3, -0.25) is 0 Å². The van der Waals surface area contributed by atoms with Gasteiger partial charge in [0.1, 0.15) is 0 Å². The second kappa shape index (κ2) is 31.8. The van der Waals surface area contributed by atoms with Crippen molar-refractivity contribution in [3.63, 3.8) is 0 Å². The summed E-state index contributed by atoms with van der Waals surface area (Å²) in [6.07, 6.45) is 11.0. The molecule has 0 bridgehead atoms. The van der Waals surface area contributed by atoms with Gasteiger partial charge in [-0.25, -0.2) is 0 Å². The highest BCUT2D eigenvalue weighted by Crippen LogP contribution is 2.32. The minimum absolute atomic E-state index is 0. The Bertz CT molecular complexity index is 999. The monoisotopic (exact) mass is 921 g/mol. The topological polar surface area (TPSA) is 101 Å². The van der Waals surface area contributed by atoms with E-state index in [2.05, 4.69) is 208 Å². The SMILES string of the molecule is C.C.CC(C)(C)CC(O)C(C)(C)C.CC(C)(C)CC(O)CC(C)(C)C.CC(C)(C)CCC(O)CC(C)(C)C.CC(C)(C)CCC(O)CC(C)(C)C.CC(C)(C)CCCC(O)C(C)(C)C. The Morgan fingerprint density at radius 1 is 0.250 bits per heavy atom. The smallest absolute Gasteiger partial charge is 0.0593 e. The molecule has 0 heterocycles. The van der Waals surface area contributed by atoms with Gasteiger partial charge < -0.3 is 25.5 Å². The van der Waals surface area contributed by atoms with Crippen molar-refractivity contribution in [3.8, 4) is 0 Å². The summed E-state index contributed by atoms with van der Waals surface area (Å²) < 4.78 is 0. The summed E-state index contributed by atoms with van der Waals surface area (Å²) in [4.78, 5) is 0.